The second-order valence-electron chi connectivity index (χ2n) is 6.48. The molecule has 1 aromatic rings. The van der Waals surface area contributed by atoms with Crippen LogP contribution >= 0.6 is 15.9 Å². The number of halogens is 1. The van der Waals surface area contributed by atoms with Gasteiger partial charge in [0, 0.05) is 35.8 Å². The summed E-state index contributed by atoms with van der Waals surface area (Å²) in [7, 11) is 0. The Morgan fingerprint density at radius 3 is 2.67 bits per heavy atom. The summed E-state index contributed by atoms with van der Waals surface area (Å²) in [6, 6.07) is 2.82. The highest BCUT2D eigenvalue weighted by Crippen LogP contribution is 2.25. The third-order valence-electron chi connectivity index (χ3n) is 4.70. The number of amides is 1. The van der Waals surface area contributed by atoms with Crippen molar-refractivity contribution < 1.29 is 4.79 Å². The van der Waals surface area contributed by atoms with Gasteiger partial charge < -0.3 is 9.47 Å². The van der Waals surface area contributed by atoms with Crippen LogP contribution in [-0.2, 0) is 0 Å². The van der Waals surface area contributed by atoms with Crippen molar-refractivity contribution in [1.29, 1.82) is 0 Å². The molecule has 3 rings (SSSR count). The molecule has 2 aliphatic rings. The number of rotatable bonds is 3. The number of hydrogen-bond donors (Lipinski definition) is 0. The fourth-order valence-corrected chi connectivity index (χ4v) is 3.97. The summed E-state index contributed by atoms with van der Waals surface area (Å²) in [5.41, 5.74) is 0.805. The van der Waals surface area contributed by atoms with Crippen LogP contribution in [0.25, 0.3) is 0 Å². The number of likely N-dealkylation sites (tertiary alicyclic amines) is 2. The minimum absolute atomic E-state index is 0.177. The molecule has 0 saturated carbocycles. The maximum absolute atomic E-state index is 12.8. The first kappa shape index (κ1) is 15.1. The molecule has 2 fully saturated rings. The van der Waals surface area contributed by atoms with Gasteiger partial charge in [-0.3, -0.25) is 9.69 Å². The van der Waals surface area contributed by atoms with Crippen molar-refractivity contribution in [3.8, 4) is 0 Å². The van der Waals surface area contributed by atoms with E-state index in [2.05, 4.69) is 39.2 Å². The lowest BCUT2D eigenvalue weighted by molar-refractivity contribution is 0.0767. The molecule has 0 radical (unpaired) electrons. The van der Waals surface area contributed by atoms with Gasteiger partial charge in [0.15, 0.2) is 0 Å². The first-order valence-electron chi connectivity index (χ1n) is 7.97. The third-order valence-corrected chi connectivity index (χ3v) is 5.13. The van der Waals surface area contributed by atoms with Gasteiger partial charge in [0.1, 0.15) is 5.69 Å². The predicted octanol–water partition coefficient (Wildman–Crippen LogP) is 3.14. The molecule has 3 heterocycles. The van der Waals surface area contributed by atoms with Crippen molar-refractivity contribution in [2.75, 3.05) is 26.2 Å². The Labute approximate surface area is 135 Å². The summed E-state index contributed by atoms with van der Waals surface area (Å²) in [6.45, 7) is 8.42. The Morgan fingerprint density at radius 1 is 1.29 bits per heavy atom. The van der Waals surface area contributed by atoms with Crippen molar-refractivity contribution >= 4 is 21.8 Å². The quantitative estimate of drug-likeness (QED) is 0.834. The lowest BCUT2D eigenvalue weighted by atomic mass is 10.2. The van der Waals surface area contributed by atoms with Crippen molar-refractivity contribution in [2.24, 2.45) is 0 Å². The average molecular weight is 354 g/mol. The van der Waals surface area contributed by atoms with Gasteiger partial charge in [-0.25, -0.2) is 0 Å². The Hall–Kier alpha value is -0.810. The molecule has 0 bridgehead atoms. The molecule has 1 aromatic heterocycles. The molecule has 116 valence electrons. The van der Waals surface area contributed by atoms with E-state index in [1.54, 1.807) is 0 Å². The Kier molecular flexibility index (Phi) is 4.41. The van der Waals surface area contributed by atoms with Gasteiger partial charge in [-0.15, -0.1) is 0 Å². The number of carbonyl (C=O) groups is 1. The van der Waals surface area contributed by atoms with E-state index in [1.165, 1.54) is 25.9 Å². The largest absolute Gasteiger partial charge is 0.340 e. The van der Waals surface area contributed by atoms with E-state index in [1.807, 2.05) is 17.2 Å². The highest BCUT2D eigenvalue weighted by atomic mass is 79.9. The third kappa shape index (κ3) is 3.04. The molecule has 1 unspecified atom stereocenters. The van der Waals surface area contributed by atoms with Crippen LogP contribution in [-0.4, -0.2) is 52.5 Å². The first-order chi connectivity index (χ1) is 10.1. The summed E-state index contributed by atoms with van der Waals surface area (Å²) in [4.78, 5) is 17.4. The van der Waals surface area contributed by atoms with E-state index >= 15 is 0 Å². The zero-order valence-corrected chi connectivity index (χ0v) is 14.5. The lowest BCUT2D eigenvalue weighted by Gasteiger charge is -2.24. The standard InChI is InChI=1S/C16H24BrN3O/c1-12(2)20-10-13(17)9-15(20)16(21)19-8-5-14(11-19)18-6-3-4-7-18/h9-10,12,14H,3-8,11H2,1-2H3. The second kappa shape index (κ2) is 6.13. The topological polar surface area (TPSA) is 28.5 Å². The lowest BCUT2D eigenvalue weighted by Crippen LogP contribution is -2.37. The second-order valence-corrected chi connectivity index (χ2v) is 7.40. The Morgan fingerprint density at radius 2 is 2.00 bits per heavy atom. The zero-order valence-electron chi connectivity index (χ0n) is 12.9. The van der Waals surface area contributed by atoms with Gasteiger partial charge >= 0.3 is 0 Å². The SMILES string of the molecule is CC(C)n1cc(Br)cc1C(=O)N1CCC(N2CCCC2)C1. The summed E-state index contributed by atoms with van der Waals surface area (Å²) in [5, 5.41) is 0. The van der Waals surface area contributed by atoms with Crippen LogP contribution in [0.15, 0.2) is 16.7 Å². The molecule has 0 aliphatic carbocycles. The summed E-state index contributed by atoms with van der Waals surface area (Å²) in [6.07, 6.45) is 5.75. The van der Waals surface area contributed by atoms with Gasteiger partial charge in [0.25, 0.3) is 5.91 Å². The van der Waals surface area contributed by atoms with E-state index in [4.69, 9.17) is 0 Å². The molecule has 21 heavy (non-hydrogen) atoms. The Bertz CT molecular complexity index is 520. The first-order valence-corrected chi connectivity index (χ1v) is 8.76. The summed E-state index contributed by atoms with van der Waals surface area (Å²) < 4.78 is 3.05. The van der Waals surface area contributed by atoms with Crippen LogP contribution in [0.4, 0.5) is 0 Å². The van der Waals surface area contributed by atoms with Gasteiger partial charge in [-0.2, -0.15) is 0 Å². The average Bonchev–Trinajstić information content (AvgIpc) is 3.17. The molecule has 0 N–H and O–H groups in total. The zero-order chi connectivity index (χ0) is 15.0. The number of carbonyl (C=O) groups excluding carboxylic acids is 1. The van der Waals surface area contributed by atoms with Crippen LogP contribution in [0.1, 0.15) is 49.6 Å². The number of hydrogen-bond acceptors (Lipinski definition) is 2. The van der Waals surface area contributed by atoms with E-state index < -0.39 is 0 Å². The van der Waals surface area contributed by atoms with Crippen LogP contribution in [0.2, 0.25) is 0 Å². The van der Waals surface area contributed by atoms with E-state index in [-0.39, 0.29) is 5.91 Å². The van der Waals surface area contributed by atoms with Gasteiger partial charge in [0.05, 0.1) is 0 Å². The molecule has 4 nitrogen and oxygen atoms in total. The minimum Gasteiger partial charge on any atom is -0.340 e. The van der Waals surface area contributed by atoms with Gasteiger partial charge in [-0.1, -0.05) is 0 Å². The van der Waals surface area contributed by atoms with E-state index in [0.29, 0.717) is 12.1 Å². The van der Waals surface area contributed by atoms with Crippen molar-refractivity contribution in [3.05, 3.63) is 22.4 Å². The molecule has 0 aromatic carbocycles. The van der Waals surface area contributed by atoms with Crippen molar-refractivity contribution in [3.63, 3.8) is 0 Å². The Balaban J connectivity index is 1.71. The van der Waals surface area contributed by atoms with Gasteiger partial charge in [0.2, 0.25) is 0 Å². The summed E-state index contributed by atoms with van der Waals surface area (Å²) in [5.74, 6) is 0.177. The maximum atomic E-state index is 12.8. The molecule has 5 heteroatoms. The molecule has 2 aliphatic heterocycles. The summed E-state index contributed by atoms with van der Waals surface area (Å²) >= 11 is 3.49. The highest BCUT2D eigenvalue weighted by Gasteiger charge is 2.33. The fourth-order valence-electron chi connectivity index (χ4n) is 3.54. The van der Waals surface area contributed by atoms with Crippen molar-refractivity contribution in [2.45, 2.75) is 45.2 Å². The van der Waals surface area contributed by atoms with Crippen molar-refractivity contribution in [1.82, 2.24) is 14.4 Å². The minimum atomic E-state index is 0.177. The van der Waals surface area contributed by atoms with Crippen LogP contribution in [0.5, 0.6) is 0 Å². The number of aromatic nitrogens is 1. The monoisotopic (exact) mass is 353 g/mol. The smallest absolute Gasteiger partial charge is 0.270 e. The van der Waals surface area contributed by atoms with Gasteiger partial charge in [-0.05, 0) is 68.2 Å². The van der Waals surface area contributed by atoms with Crippen LogP contribution < -0.4 is 0 Å². The van der Waals surface area contributed by atoms with Crippen LogP contribution in [0, 0.1) is 0 Å². The molecule has 1 atom stereocenters. The normalized spacial score (nSPS) is 23.4. The molecular formula is C16H24BrN3O. The van der Waals surface area contributed by atoms with E-state index in [0.717, 1.165) is 29.7 Å². The molecule has 1 amide bonds. The fraction of sp³-hybridized carbons (Fsp3) is 0.688. The molecule has 2 saturated heterocycles. The number of nitrogens with zero attached hydrogens (tertiary/aromatic N) is 3. The molecule has 0 spiro atoms. The molecular weight excluding hydrogens is 330 g/mol. The maximum Gasteiger partial charge on any atom is 0.270 e. The predicted molar refractivity (Wildman–Crippen MR) is 87.6 cm³/mol. The van der Waals surface area contributed by atoms with E-state index in [9.17, 15) is 4.79 Å². The van der Waals surface area contributed by atoms with Crippen LogP contribution in [0.3, 0.4) is 0 Å². The highest BCUT2D eigenvalue weighted by molar-refractivity contribution is 9.10.